The predicted octanol–water partition coefficient (Wildman–Crippen LogP) is 2.15. The fourth-order valence-electron chi connectivity index (χ4n) is 2.97. The van der Waals surface area contributed by atoms with Crippen molar-refractivity contribution in [3.05, 3.63) is 24.3 Å². The molecule has 1 amide bonds. The summed E-state index contributed by atoms with van der Waals surface area (Å²) in [6, 6.07) is 7.86. The summed E-state index contributed by atoms with van der Waals surface area (Å²) in [6.07, 6.45) is 2.77. The molecular weight excluding hydrogens is 290 g/mol. The molecule has 23 heavy (non-hydrogen) atoms. The van der Waals surface area contributed by atoms with Crippen LogP contribution in [0.25, 0.3) is 0 Å². The lowest BCUT2D eigenvalue weighted by molar-refractivity contribution is -0.124. The van der Waals surface area contributed by atoms with Crippen molar-refractivity contribution in [1.29, 1.82) is 0 Å². The van der Waals surface area contributed by atoms with Crippen molar-refractivity contribution in [3.63, 3.8) is 0 Å². The van der Waals surface area contributed by atoms with Gasteiger partial charge in [-0.25, -0.2) is 0 Å². The molecule has 0 saturated carbocycles. The van der Waals surface area contributed by atoms with Gasteiger partial charge in [-0.3, -0.25) is 4.79 Å². The lowest BCUT2D eigenvalue weighted by Gasteiger charge is -2.35. The minimum Gasteiger partial charge on any atom is -0.495 e. The van der Waals surface area contributed by atoms with Gasteiger partial charge in [0.05, 0.1) is 18.8 Å². The van der Waals surface area contributed by atoms with E-state index in [1.165, 1.54) is 0 Å². The van der Waals surface area contributed by atoms with Gasteiger partial charge in [-0.05, 0) is 30.9 Å². The minimum atomic E-state index is -0.410. The van der Waals surface area contributed by atoms with Gasteiger partial charge in [-0.2, -0.15) is 0 Å². The number of nitrogens with one attached hydrogen (secondary N) is 1. The number of methoxy groups -OCH3 is 1. The lowest BCUT2D eigenvalue weighted by Crippen LogP contribution is -2.51. The number of hydrogen-bond donors (Lipinski definition) is 2. The molecule has 2 rings (SSSR count). The van der Waals surface area contributed by atoms with Crippen LogP contribution in [0.4, 0.5) is 5.69 Å². The molecule has 5 nitrogen and oxygen atoms in total. The van der Waals surface area contributed by atoms with E-state index in [0.29, 0.717) is 0 Å². The number of piperidine rings is 1. The number of anilines is 1. The van der Waals surface area contributed by atoms with Gasteiger partial charge in [0.25, 0.3) is 0 Å². The summed E-state index contributed by atoms with van der Waals surface area (Å²) < 4.78 is 5.43. The second-order valence-corrected chi connectivity index (χ2v) is 6.35. The number of nitrogens with two attached hydrogens (primary N) is 1. The van der Waals surface area contributed by atoms with Crippen molar-refractivity contribution in [3.8, 4) is 5.75 Å². The van der Waals surface area contributed by atoms with Crippen LogP contribution in [-0.4, -0.2) is 38.2 Å². The van der Waals surface area contributed by atoms with Crippen molar-refractivity contribution < 1.29 is 9.53 Å². The number of carbonyl (C=O) groups is 1. The zero-order valence-electron chi connectivity index (χ0n) is 14.4. The van der Waals surface area contributed by atoms with E-state index in [1.807, 2.05) is 25.1 Å². The molecule has 0 bridgehead atoms. The Bertz CT molecular complexity index is 513. The van der Waals surface area contributed by atoms with Crippen molar-refractivity contribution >= 4 is 11.6 Å². The van der Waals surface area contributed by atoms with Gasteiger partial charge >= 0.3 is 0 Å². The highest BCUT2D eigenvalue weighted by Gasteiger charge is 2.25. The predicted molar refractivity (Wildman–Crippen MR) is 93.8 cm³/mol. The molecule has 0 radical (unpaired) electrons. The molecule has 1 fully saturated rings. The van der Waals surface area contributed by atoms with Crippen LogP contribution in [0.1, 0.15) is 33.1 Å². The van der Waals surface area contributed by atoms with Crippen LogP contribution in [0, 0.1) is 5.92 Å². The first-order valence-electron chi connectivity index (χ1n) is 8.50. The summed E-state index contributed by atoms with van der Waals surface area (Å²) in [5, 5.41) is 3.11. The topological polar surface area (TPSA) is 67.6 Å². The van der Waals surface area contributed by atoms with Crippen molar-refractivity contribution in [2.75, 3.05) is 25.1 Å². The SMILES string of the molecule is CCC(C)C(N)C(=O)NC1CCN(c2ccccc2OC)CC1. The molecule has 3 N–H and O–H groups in total. The van der Waals surface area contributed by atoms with Crippen LogP contribution in [0.5, 0.6) is 5.75 Å². The standard InChI is InChI=1S/C18H29N3O2/c1-4-13(2)17(19)18(22)20-14-9-11-21(12-10-14)15-7-5-6-8-16(15)23-3/h5-8,13-14,17H,4,9-12,19H2,1-3H3,(H,20,22). The highest BCUT2D eigenvalue weighted by atomic mass is 16.5. The molecule has 1 aromatic rings. The molecule has 5 heteroatoms. The van der Waals surface area contributed by atoms with Gasteiger partial charge in [-0.15, -0.1) is 0 Å². The number of amides is 1. The summed E-state index contributed by atoms with van der Waals surface area (Å²) >= 11 is 0. The summed E-state index contributed by atoms with van der Waals surface area (Å²) in [5.41, 5.74) is 7.13. The quantitative estimate of drug-likeness (QED) is 0.843. The van der Waals surface area contributed by atoms with E-state index in [1.54, 1.807) is 7.11 Å². The Labute approximate surface area is 139 Å². The number of hydrogen-bond acceptors (Lipinski definition) is 4. The van der Waals surface area contributed by atoms with Crippen LogP contribution in [0.15, 0.2) is 24.3 Å². The van der Waals surface area contributed by atoms with E-state index in [9.17, 15) is 4.79 Å². The molecule has 0 aliphatic carbocycles. The third-order valence-electron chi connectivity index (χ3n) is 4.83. The first kappa shape index (κ1) is 17.6. The number of rotatable bonds is 6. The third-order valence-corrected chi connectivity index (χ3v) is 4.83. The van der Waals surface area contributed by atoms with Crippen LogP contribution in [0.2, 0.25) is 0 Å². The van der Waals surface area contributed by atoms with Crippen LogP contribution in [0.3, 0.4) is 0 Å². The zero-order valence-corrected chi connectivity index (χ0v) is 14.4. The fourth-order valence-corrected chi connectivity index (χ4v) is 2.97. The lowest BCUT2D eigenvalue weighted by atomic mass is 9.98. The van der Waals surface area contributed by atoms with Crippen molar-refractivity contribution in [2.45, 2.75) is 45.2 Å². The zero-order chi connectivity index (χ0) is 16.8. The maximum absolute atomic E-state index is 12.2. The van der Waals surface area contributed by atoms with Gasteiger partial charge < -0.3 is 20.7 Å². The molecule has 0 spiro atoms. The van der Waals surface area contributed by atoms with Gasteiger partial charge in [-0.1, -0.05) is 32.4 Å². The molecule has 1 saturated heterocycles. The maximum Gasteiger partial charge on any atom is 0.237 e. The summed E-state index contributed by atoms with van der Waals surface area (Å²) in [7, 11) is 1.70. The molecule has 1 aliphatic heterocycles. The first-order valence-corrected chi connectivity index (χ1v) is 8.50. The van der Waals surface area contributed by atoms with Crippen molar-refractivity contribution in [2.24, 2.45) is 11.7 Å². The monoisotopic (exact) mass is 319 g/mol. The number of ether oxygens (including phenoxy) is 1. The molecule has 1 heterocycles. The minimum absolute atomic E-state index is 0.0184. The second-order valence-electron chi connectivity index (χ2n) is 6.35. The third kappa shape index (κ3) is 4.38. The normalized spacial score (nSPS) is 18.3. The average molecular weight is 319 g/mol. The summed E-state index contributed by atoms with van der Waals surface area (Å²) in [5.74, 6) is 1.09. The van der Waals surface area contributed by atoms with E-state index in [4.69, 9.17) is 10.5 Å². The van der Waals surface area contributed by atoms with Gasteiger partial charge in [0.2, 0.25) is 5.91 Å². The summed E-state index contributed by atoms with van der Waals surface area (Å²) in [4.78, 5) is 14.5. The highest BCUT2D eigenvalue weighted by Crippen LogP contribution is 2.29. The molecule has 128 valence electrons. The van der Waals surface area contributed by atoms with E-state index in [0.717, 1.165) is 43.8 Å². The average Bonchev–Trinajstić information content (AvgIpc) is 2.60. The molecule has 2 unspecified atom stereocenters. The number of para-hydroxylation sites is 2. The Kier molecular flexibility index (Phi) is 6.28. The van der Waals surface area contributed by atoms with E-state index in [-0.39, 0.29) is 17.9 Å². The Hall–Kier alpha value is -1.75. The Morgan fingerprint density at radius 1 is 1.39 bits per heavy atom. The Morgan fingerprint density at radius 2 is 2.04 bits per heavy atom. The highest BCUT2D eigenvalue weighted by molar-refractivity contribution is 5.82. The second kappa shape index (κ2) is 8.20. The maximum atomic E-state index is 12.2. The number of benzene rings is 1. The Morgan fingerprint density at radius 3 is 2.65 bits per heavy atom. The number of carbonyl (C=O) groups excluding carboxylic acids is 1. The Balaban J connectivity index is 1.88. The largest absolute Gasteiger partial charge is 0.495 e. The van der Waals surface area contributed by atoms with E-state index >= 15 is 0 Å². The summed E-state index contributed by atoms with van der Waals surface area (Å²) in [6.45, 7) is 5.89. The van der Waals surface area contributed by atoms with Crippen LogP contribution in [-0.2, 0) is 4.79 Å². The molecule has 1 aromatic carbocycles. The first-order chi connectivity index (χ1) is 11.1. The van der Waals surface area contributed by atoms with Crippen molar-refractivity contribution in [1.82, 2.24) is 5.32 Å². The fraction of sp³-hybridized carbons (Fsp3) is 0.611. The molecular formula is C18H29N3O2. The smallest absolute Gasteiger partial charge is 0.237 e. The van der Waals surface area contributed by atoms with Crippen LogP contribution < -0.4 is 20.7 Å². The molecule has 2 atom stereocenters. The van der Waals surface area contributed by atoms with Gasteiger partial charge in [0.15, 0.2) is 0 Å². The molecule has 0 aromatic heterocycles. The van der Waals surface area contributed by atoms with Gasteiger partial charge in [0, 0.05) is 19.1 Å². The van der Waals surface area contributed by atoms with Crippen LogP contribution >= 0.6 is 0 Å². The van der Waals surface area contributed by atoms with E-state index in [2.05, 4.69) is 23.2 Å². The van der Waals surface area contributed by atoms with E-state index < -0.39 is 6.04 Å². The van der Waals surface area contributed by atoms with Gasteiger partial charge in [0.1, 0.15) is 5.75 Å². The molecule has 1 aliphatic rings. The number of nitrogens with zero attached hydrogens (tertiary/aromatic N) is 1.